The van der Waals surface area contributed by atoms with Crippen molar-refractivity contribution in [2.24, 2.45) is 0 Å². The van der Waals surface area contributed by atoms with Crippen molar-refractivity contribution in [3.63, 3.8) is 0 Å². The number of rotatable bonds is 2. The van der Waals surface area contributed by atoms with E-state index in [2.05, 4.69) is 37.9 Å². The van der Waals surface area contributed by atoms with Crippen LogP contribution < -0.4 is 4.90 Å². The van der Waals surface area contributed by atoms with Gasteiger partial charge in [-0.15, -0.1) is 11.3 Å². The first kappa shape index (κ1) is 13.1. The number of halogens is 1. The maximum Gasteiger partial charge on any atom is 0.126 e. The molecule has 0 amide bonds. The standard InChI is InChI=1S/C14H15BrN2OS/c15-12-10-19-13(16-12)14(18)6-8-17(9-7-14)11-4-2-1-3-5-11/h1-5,10,18H,6-9H2. The first-order chi connectivity index (χ1) is 9.17. The van der Waals surface area contributed by atoms with Crippen molar-refractivity contribution in [2.45, 2.75) is 18.4 Å². The summed E-state index contributed by atoms with van der Waals surface area (Å²) in [6, 6.07) is 10.4. The fraction of sp³-hybridized carbons (Fsp3) is 0.357. The van der Waals surface area contributed by atoms with Crippen molar-refractivity contribution >= 4 is 33.0 Å². The van der Waals surface area contributed by atoms with Crippen LogP contribution in [-0.4, -0.2) is 23.2 Å². The van der Waals surface area contributed by atoms with Crippen LogP contribution >= 0.6 is 27.3 Å². The van der Waals surface area contributed by atoms with Gasteiger partial charge in [0.15, 0.2) is 0 Å². The summed E-state index contributed by atoms with van der Waals surface area (Å²) in [6.07, 6.45) is 1.45. The number of piperidine rings is 1. The predicted molar refractivity (Wildman–Crippen MR) is 81.6 cm³/mol. The van der Waals surface area contributed by atoms with Crippen molar-refractivity contribution in [1.82, 2.24) is 4.98 Å². The Hall–Kier alpha value is -0.910. The smallest absolute Gasteiger partial charge is 0.126 e. The lowest BCUT2D eigenvalue weighted by atomic mass is 9.92. The number of para-hydroxylation sites is 1. The molecule has 1 aliphatic rings. The second-order valence-electron chi connectivity index (χ2n) is 4.83. The summed E-state index contributed by atoms with van der Waals surface area (Å²) in [5.41, 5.74) is 0.465. The van der Waals surface area contributed by atoms with Crippen LogP contribution in [0.4, 0.5) is 5.69 Å². The zero-order valence-corrected chi connectivity index (χ0v) is 12.8. The van der Waals surface area contributed by atoms with Crippen LogP contribution in [0.1, 0.15) is 17.8 Å². The van der Waals surface area contributed by atoms with Gasteiger partial charge >= 0.3 is 0 Å². The Bertz CT molecular complexity index is 550. The maximum atomic E-state index is 10.7. The molecule has 0 saturated carbocycles. The largest absolute Gasteiger partial charge is 0.383 e. The van der Waals surface area contributed by atoms with Crippen molar-refractivity contribution in [1.29, 1.82) is 0 Å². The highest BCUT2D eigenvalue weighted by atomic mass is 79.9. The minimum atomic E-state index is -0.762. The number of thiazole rings is 1. The molecule has 5 heteroatoms. The molecule has 0 unspecified atom stereocenters. The molecule has 3 nitrogen and oxygen atoms in total. The minimum absolute atomic E-state index is 0.724. The Balaban J connectivity index is 1.72. The van der Waals surface area contributed by atoms with Gasteiger partial charge in [0.2, 0.25) is 0 Å². The summed E-state index contributed by atoms with van der Waals surface area (Å²) in [6.45, 7) is 1.72. The fourth-order valence-electron chi connectivity index (χ4n) is 2.46. The second-order valence-corrected chi connectivity index (χ2v) is 6.50. The molecule has 2 aromatic rings. The van der Waals surface area contributed by atoms with Crippen LogP contribution in [0.15, 0.2) is 40.3 Å². The van der Waals surface area contributed by atoms with Crippen LogP contribution in [0.2, 0.25) is 0 Å². The number of aromatic nitrogens is 1. The third-order valence-electron chi connectivity index (χ3n) is 3.59. The van der Waals surface area contributed by atoms with E-state index in [0.717, 1.165) is 35.5 Å². The van der Waals surface area contributed by atoms with Gasteiger partial charge in [-0.25, -0.2) is 4.98 Å². The number of anilines is 1. The molecule has 1 N–H and O–H groups in total. The Morgan fingerprint density at radius 3 is 2.47 bits per heavy atom. The lowest BCUT2D eigenvalue weighted by molar-refractivity contribution is 0.0115. The molecular formula is C14H15BrN2OS. The summed E-state index contributed by atoms with van der Waals surface area (Å²) in [5, 5.41) is 13.5. The molecule has 100 valence electrons. The van der Waals surface area contributed by atoms with Gasteiger partial charge in [0, 0.05) is 37.0 Å². The molecule has 1 fully saturated rings. The van der Waals surface area contributed by atoms with E-state index >= 15 is 0 Å². The Morgan fingerprint density at radius 1 is 1.21 bits per heavy atom. The van der Waals surface area contributed by atoms with E-state index in [-0.39, 0.29) is 0 Å². The molecule has 0 radical (unpaired) electrons. The fourth-order valence-corrected chi connectivity index (χ4v) is 3.87. The predicted octanol–water partition coefficient (Wildman–Crippen LogP) is 3.39. The maximum absolute atomic E-state index is 10.7. The van der Waals surface area contributed by atoms with Crippen molar-refractivity contribution in [3.05, 3.63) is 45.3 Å². The number of benzene rings is 1. The van der Waals surface area contributed by atoms with Gasteiger partial charge in [-0.3, -0.25) is 0 Å². The lowest BCUT2D eigenvalue weighted by Crippen LogP contribution is -2.42. The van der Waals surface area contributed by atoms with Crippen LogP contribution in [0.5, 0.6) is 0 Å². The van der Waals surface area contributed by atoms with Crippen molar-refractivity contribution < 1.29 is 5.11 Å². The van der Waals surface area contributed by atoms with Crippen LogP contribution in [0.25, 0.3) is 0 Å². The average Bonchev–Trinajstić information content (AvgIpc) is 2.88. The third-order valence-corrected chi connectivity index (χ3v) is 5.33. The van der Waals surface area contributed by atoms with Crippen LogP contribution in [0, 0.1) is 0 Å². The number of aliphatic hydroxyl groups is 1. The van der Waals surface area contributed by atoms with E-state index in [9.17, 15) is 5.11 Å². The number of hydrogen-bond donors (Lipinski definition) is 1. The molecule has 0 spiro atoms. The van der Waals surface area contributed by atoms with Gasteiger partial charge in [-0.05, 0) is 28.1 Å². The third kappa shape index (κ3) is 2.68. The van der Waals surface area contributed by atoms with E-state index in [1.54, 1.807) is 0 Å². The van der Waals surface area contributed by atoms with Crippen molar-refractivity contribution in [2.75, 3.05) is 18.0 Å². The van der Waals surface area contributed by atoms with Gasteiger partial charge < -0.3 is 10.0 Å². The van der Waals surface area contributed by atoms with Gasteiger partial charge in [-0.1, -0.05) is 18.2 Å². The van der Waals surface area contributed by atoms with E-state index in [4.69, 9.17) is 0 Å². The highest BCUT2D eigenvalue weighted by Gasteiger charge is 2.36. The Kier molecular flexibility index (Phi) is 3.60. The van der Waals surface area contributed by atoms with E-state index < -0.39 is 5.60 Å². The first-order valence-electron chi connectivity index (χ1n) is 6.31. The molecule has 0 atom stereocenters. The summed E-state index contributed by atoms with van der Waals surface area (Å²) in [4.78, 5) is 6.69. The molecule has 1 aromatic carbocycles. The summed E-state index contributed by atoms with van der Waals surface area (Å²) in [5.74, 6) is 0. The molecule has 0 bridgehead atoms. The lowest BCUT2D eigenvalue weighted by Gasteiger charge is -2.38. The van der Waals surface area contributed by atoms with Gasteiger partial charge in [0.1, 0.15) is 15.2 Å². The van der Waals surface area contributed by atoms with Gasteiger partial charge in [0.05, 0.1) is 0 Å². The van der Waals surface area contributed by atoms with Crippen LogP contribution in [0.3, 0.4) is 0 Å². The normalized spacial score (nSPS) is 18.5. The first-order valence-corrected chi connectivity index (χ1v) is 7.98. The second kappa shape index (κ2) is 5.23. The molecule has 1 saturated heterocycles. The van der Waals surface area contributed by atoms with E-state index in [1.807, 2.05) is 23.6 Å². The molecule has 1 aromatic heterocycles. The quantitative estimate of drug-likeness (QED) is 0.911. The van der Waals surface area contributed by atoms with E-state index in [0.29, 0.717) is 0 Å². The Morgan fingerprint density at radius 2 is 1.89 bits per heavy atom. The monoisotopic (exact) mass is 338 g/mol. The molecule has 19 heavy (non-hydrogen) atoms. The highest BCUT2D eigenvalue weighted by molar-refractivity contribution is 9.10. The molecular weight excluding hydrogens is 324 g/mol. The number of hydrogen-bond acceptors (Lipinski definition) is 4. The molecule has 1 aliphatic heterocycles. The minimum Gasteiger partial charge on any atom is -0.383 e. The molecule has 3 rings (SSSR count). The van der Waals surface area contributed by atoms with Crippen LogP contribution in [-0.2, 0) is 5.60 Å². The molecule has 0 aliphatic carbocycles. The summed E-state index contributed by atoms with van der Waals surface area (Å²) in [7, 11) is 0. The summed E-state index contributed by atoms with van der Waals surface area (Å²) >= 11 is 4.87. The SMILES string of the molecule is OC1(c2nc(Br)cs2)CCN(c2ccccc2)CC1. The van der Waals surface area contributed by atoms with Crippen molar-refractivity contribution in [3.8, 4) is 0 Å². The average molecular weight is 339 g/mol. The van der Waals surface area contributed by atoms with E-state index in [1.165, 1.54) is 17.0 Å². The number of nitrogens with zero attached hydrogens (tertiary/aromatic N) is 2. The summed E-state index contributed by atoms with van der Waals surface area (Å²) < 4.78 is 0.811. The topological polar surface area (TPSA) is 36.4 Å². The van der Waals surface area contributed by atoms with Gasteiger partial charge in [-0.2, -0.15) is 0 Å². The highest BCUT2D eigenvalue weighted by Crippen LogP contribution is 2.36. The Labute approximate surface area is 125 Å². The molecule has 2 heterocycles. The zero-order valence-electron chi connectivity index (χ0n) is 10.4. The zero-order chi connectivity index (χ0) is 13.3. The van der Waals surface area contributed by atoms with Gasteiger partial charge in [0.25, 0.3) is 0 Å².